The summed E-state index contributed by atoms with van der Waals surface area (Å²) in [4.78, 5) is 6.67. The summed E-state index contributed by atoms with van der Waals surface area (Å²) < 4.78 is 1.20. The van der Waals surface area contributed by atoms with Gasteiger partial charge >= 0.3 is 0 Å². The largest absolute Gasteiger partial charge is 0.311 e. The van der Waals surface area contributed by atoms with Crippen molar-refractivity contribution in [1.29, 1.82) is 0 Å². The van der Waals surface area contributed by atoms with Gasteiger partial charge in [0.05, 0.1) is 0 Å². The van der Waals surface area contributed by atoms with Crippen molar-refractivity contribution >= 4 is 27.3 Å². The SMILES string of the molecule is CN1CCCC2CN(CCNCc3cc(Br)cs3)CCC21. The Morgan fingerprint density at radius 2 is 2.29 bits per heavy atom. The zero-order chi connectivity index (χ0) is 14.7. The minimum atomic E-state index is 0.853. The van der Waals surface area contributed by atoms with E-state index in [1.54, 1.807) is 0 Å². The van der Waals surface area contributed by atoms with Gasteiger partial charge in [-0.05, 0) is 67.3 Å². The van der Waals surface area contributed by atoms with Crippen LogP contribution in [0.25, 0.3) is 0 Å². The van der Waals surface area contributed by atoms with Gasteiger partial charge in [-0.2, -0.15) is 0 Å². The summed E-state index contributed by atoms with van der Waals surface area (Å²) in [6.07, 6.45) is 4.18. The molecule has 0 radical (unpaired) electrons. The second-order valence-corrected chi connectivity index (χ2v) is 8.36. The van der Waals surface area contributed by atoms with Gasteiger partial charge in [0.2, 0.25) is 0 Å². The minimum Gasteiger partial charge on any atom is -0.311 e. The Balaban J connectivity index is 1.36. The van der Waals surface area contributed by atoms with Crippen LogP contribution in [0.1, 0.15) is 24.1 Å². The average molecular weight is 372 g/mol. The highest BCUT2D eigenvalue weighted by molar-refractivity contribution is 9.10. The molecule has 21 heavy (non-hydrogen) atoms. The van der Waals surface area contributed by atoms with Crippen molar-refractivity contribution in [3.05, 3.63) is 20.8 Å². The lowest BCUT2D eigenvalue weighted by Gasteiger charge is -2.46. The fourth-order valence-electron chi connectivity index (χ4n) is 3.83. The number of hydrogen-bond acceptors (Lipinski definition) is 4. The maximum Gasteiger partial charge on any atom is 0.0300 e. The van der Waals surface area contributed by atoms with Crippen LogP contribution in [-0.4, -0.2) is 55.6 Å². The summed E-state index contributed by atoms with van der Waals surface area (Å²) in [5.74, 6) is 0.908. The van der Waals surface area contributed by atoms with E-state index in [1.807, 2.05) is 11.3 Å². The lowest BCUT2D eigenvalue weighted by molar-refractivity contribution is 0.0391. The Kier molecular flexibility index (Phi) is 5.73. The van der Waals surface area contributed by atoms with Crippen LogP contribution < -0.4 is 5.32 Å². The molecule has 0 bridgehead atoms. The van der Waals surface area contributed by atoms with Crippen LogP contribution in [0.3, 0.4) is 0 Å². The lowest BCUT2D eigenvalue weighted by Crippen LogP contribution is -2.53. The first kappa shape index (κ1) is 15.9. The molecule has 0 spiro atoms. The number of rotatable bonds is 5. The molecule has 2 fully saturated rings. The van der Waals surface area contributed by atoms with Crippen molar-refractivity contribution in [2.45, 2.75) is 31.8 Å². The van der Waals surface area contributed by atoms with E-state index in [4.69, 9.17) is 0 Å². The summed E-state index contributed by atoms with van der Waals surface area (Å²) >= 11 is 5.33. The summed E-state index contributed by atoms with van der Waals surface area (Å²) in [7, 11) is 2.31. The van der Waals surface area contributed by atoms with E-state index in [1.165, 1.54) is 54.8 Å². The van der Waals surface area contributed by atoms with Crippen molar-refractivity contribution in [3.63, 3.8) is 0 Å². The Labute approximate surface area is 140 Å². The molecule has 3 rings (SSSR count). The Morgan fingerprint density at radius 1 is 1.38 bits per heavy atom. The standard InChI is InChI=1S/C16H26BrN3S/c1-19-6-2-3-13-11-20(7-4-16(13)19)8-5-18-10-15-9-14(17)12-21-15/h9,12-13,16,18H,2-8,10-11H2,1H3. The summed E-state index contributed by atoms with van der Waals surface area (Å²) in [5, 5.41) is 5.73. The van der Waals surface area contributed by atoms with Crippen molar-refractivity contribution in [2.24, 2.45) is 5.92 Å². The maximum atomic E-state index is 3.58. The second-order valence-electron chi connectivity index (χ2n) is 6.45. The van der Waals surface area contributed by atoms with Gasteiger partial charge in [0, 0.05) is 47.0 Å². The number of likely N-dealkylation sites (tertiary alicyclic amines) is 2. The molecular formula is C16H26BrN3S. The van der Waals surface area contributed by atoms with E-state index in [0.717, 1.165) is 25.0 Å². The highest BCUT2D eigenvalue weighted by Crippen LogP contribution is 2.29. The van der Waals surface area contributed by atoms with Crippen LogP contribution in [0.4, 0.5) is 0 Å². The third kappa shape index (κ3) is 4.29. The molecule has 0 amide bonds. The van der Waals surface area contributed by atoms with E-state index in [-0.39, 0.29) is 0 Å². The third-order valence-electron chi connectivity index (χ3n) is 4.96. The van der Waals surface area contributed by atoms with Gasteiger partial charge in [0.1, 0.15) is 0 Å². The predicted molar refractivity (Wildman–Crippen MR) is 93.9 cm³/mol. The molecule has 3 nitrogen and oxygen atoms in total. The van der Waals surface area contributed by atoms with Crippen molar-refractivity contribution in [1.82, 2.24) is 15.1 Å². The molecule has 1 N–H and O–H groups in total. The number of halogens is 1. The summed E-state index contributed by atoms with van der Waals surface area (Å²) in [6.45, 7) is 7.18. The van der Waals surface area contributed by atoms with Crippen LogP contribution in [0.2, 0.25) is 0 Å². The average Bonchev–Trinajstić information content (AvgIpc) is 2.89. The first-order valence-corrected chi connectivity index (χ1v) is 9.76. The zero-order valence-corrected chi connectivity index (χ0v) is 15.3. The van der Waals surface area contributed by atoms with Crippen LogP contribution >= 0.6 is 27.3 Å². The topological polar surface area (TPSA) is 18.5 Å². The Morgan fingerprint density at radius 3 is 3.10 bits per heavy atom. The molecule has 2 saturated heterocycles. The van der Waals surface area contributed by atoms with E-state index in [0.29, 0.717) is 0 Å². The fourth-order valence-corrected chi connectivity index (χ4v) is 5.25. The molecule has 2 aliphatic rings. The third-order valence-corrected chi connectivity index (χ3v) is 6.65. The number of hydrogen-bond donors (Lipinski definition) is 1. The van der Waals surface area contributed by atoms with Gasteiger partial charge in [-0.1, -0.05) is 0 Å². The van der Waals surface area contributed by atoms with E-state index < -0.39 is 0 Å². The fraction of sp³-hybridized carbons (Fsp3) is 0.750. The van der Waals surface area contributed by atoms with Crippen molar-refractivity contribution < 1.29 is 0 Å². The zero-order valence-electron chi connectivity index (χ0n) is 12.9. The molecule has 5 heteroatoms. The quantitative estimate of drug-likeness (QED) is 0.802. The van der Waals surface area contributed by atoms with Crippen molar-refractivity contribution in [3.8, 4) is 0 Å². The monoisotopic (exact) mass is 371 g/mol. The maximum absolute atomic E-state index is 3.58. The van der Waals surface area contributed by atoms with Crippen molar-refractivity contribution in [2.75, 3.05) is 39.8 Å². The number of fused-ring (bicyclic) bond motifs is 1. The molecule has 0 aliphatic carbocycles. The molecule has 0 aromatic carbocycles. The summed E-state index contributed by atoms with van der Waals surface area (Å²) in [6, 6.07) is 3.06. The number of nitrogens with zero attached hydrogens (tertiary/aromatic N) is 2. The molecule has 1 aromatic heterocycles. The number of piperidine rings is 2. The first-order chi connectivity index (χ1) is 10.2. The molecule has 0 saturated carbocycles. The normalized spacial score (nSPS) is 27.7. The van der Waals surface area contributed by atoms with E-state index in [9.17, 15) is 0 Å². The molecule has 3 heterocycles. The molecule has 118 valence electrons. The first-order valence-electron chi connectivity index (χ1n) is 8.08. The van der Waals surface area contributed by atoms with Gasteiger partial charge in [0.25, 0.3) is 0 Å². The van der Waals surface area contributed by atoms with Gasteiger partial charge < -0.3 is 15.1 Å². The van der Waals surface area contributed by atoms with Gasteiger partial charge in [-0.3, -0.25) is 0 Å². The smallest absolute Gasteiger partial charge is 0.0300 e. The van der Waals surface area contributed by atoms with E-state index >= 15 is 0 Å². The van der Waals surface area contributed by atoms with E-state index in [2.05, 4.69) is 49.5 Å². The molecule has 2 unspecified atom stereocenters. The molecular weight excluding hydrogens is 346 g/mol. The Bertz CT molecular complexity index is 450. The lowest BCUT2D eigenvalue weighted by atomic mass is 9.84. The number of thiophene rings is 1. The van der Waals surface area contributed by atoms with Gasteiger partial charge in [0.15, 0.2) is 0 Å². The van der Waals surface area contributed by atoms with Gasteiger partial charge in [-0.15, -0.1) is 11.3 Å². The minimum absolute atomic E-state index is 0.853. The highest BCUT2D eigenvalue weighted by Gasteiger charge is 2.33. The highest BCUT2D eigenvalue weighted by atomic mass is 79.9. The van der Waals surface area contributed by atoms with Crippen LogP contribution in [0.5, 0.6) is 0 Å². The number of nitrogens with one attached hydrogen (secondary N) is 1. The Hall–Kier alpha value is 0.0600. The van der Waals surface area contributed by atoms with Crippen LogP contribution in [0, 0.1) is 5.92 Å². The van der Waals surface area contributed by atoms with Crippen LogP contribution in [0.15, 0.2) is 15.9 Å². The second kappa shape index (κ2) is 7.55. The van der Waals surface area contributed by atoms with Gasteiger partial charge in [-0.25, -0.2) is 0 Å². The molecule has 2 aliphatic heterocycles. The van der Waals surface area contributed by atoms with Crippen LogP contribution in [-0.2, 0) is 6.54 Å². The molecule has 2 atom stereocenters. The summed E-state index contributed by atoms with van der Waals surface area (Å²) in [5.41, 5.74) is 0. The predicted octanol–water partition coefficient (Wildman–Crippen LogP) is 3.02. The molecule has 1 aromatic rings.